The highest BCUT2D eigenvalue weighted by Gasteiger charge is 2.30. The number of methoxy groups -OCH3 is 1. The number of halogens is 4. The Morgan fingerprint density at radius 2 is 0.581 bits per heavy atom. The van der Waals surface area contributed by atoms with Crippen molar-refractivity contribution in [1.29, 1.82) is 0 Å². The van der Waals surface area contributed by atoms with E-state index in [-0.39, 0.29) is 36.0 Å². The molecule has 4 amide bonds. The number of likely N-dealkylation sites (N-methyl/N-ethyl adjacent to an activating group) is 4. The number of hydrogen-bond acceptors (Lipinski definition) is 9. The minimum atomic E-state index is -4.35. The van der Waals surface area contributed by atoms with E-state index in [0.717, 1.165) is 115 Å². The maximum atomic E-state index is 13.2. The lowest BCUT2D eigenvalue weighted by Crippen LogP contribution is -2.40. The summed E-state index contributed by atoms with van der Waals surface area (Å²) < 4.78 is 64.9. The summed E-state index contributed by atoms with van der Waals surface area (Å²) in [4.78, 5) is 59.7. The fraction of sp³-hybridized carbons (Fsp3) is 0.417. The van der Waals surface area contributed by atoms with Crippen molar-refractivity contribution in [2.24, 2.45) is 0 Å². The molecule has 17 nitrogen and oxygen atoms in total. The minimum Gasteiger partial charge on any atom is -0.497 e. The zero-order valence-corrected chi connectivity index (χ0v) is 73.4. The summed E-state index contributed by atoms with van der Waals surface area (Å²) in [6, 6.07) is 63.7. The highest BCUT2D eigenvalue weighted by molar-refractivity contribution is 5.91. The quantitative estimate of drug-likeness (QED) is 0.0335. The normalized spacial score (nSPS) is 15.0. The molecular formula is C103H126F4N12O5. The average Bonchev–Trinajstić information content (AvgIpc) is 1.69. The summed E-state index contributed by atoms with van der Waals surface area (Å²) >= 11 is 0. The standard InChI is InChI=1S/C26H30F3N3O.C26H33N3O2.C26H33N3O.C25H30FN3O/c1-31(23-5-3-2-4-6-23)16-14-30-25(33)18-32-15-13-20-7-8-21(17-24(20)32)19-9-11-22(12-10-19)26(27,28)29;1-28(23-6-4-3-5-7-23)17-15-27-26(30)19-29-16-14-21-8-9-22(18-25(21)29)20-10-12-24(31-2)13-11-20;1-20-8-10-21(11-9-20)23-13-12-22-14-16-29(25(22)18-23)19-26(30)27-15-17-28(2)24-6-4-3-5-7-24;1-28(23-5-3-2-4-6-23)16-14-27-25(30)18-29-15-13-20-7-8-21(17-24(20)29)19-9-11-22(26)12-10-19/h7-13,15,17,23H,2-6,14,16,18H2,1H3,(H,30,33);8-14,16,18,23H,3-7,15,17,19H2,1-2H3,(H,27,30);8-14,16,18,24H,3-7,15,17,19H2,1-2H3,(H,27,30);7-13,15,17,23H,2-6,14,16,18H2,1H3,(H,27,30). The van der Waals surface area contributed by atoms with E-state index in [9.17, 15) is 36.7 Å². The lowest BCUT2D eigenvalue weighted by atomic mass is 9.94. The topological polar surface area (TPSA) is 158 Å². The molecule has 124 heavy (non-hydrogen) atoms. The number of aromatic nitrogens is 4. The minimum absolute atomic E-state index is 0.0247. The predicted octanol–water partition coefficient (Wildman–Crippen LogP) is 20.2. The molecule has 0 spiro atoms. The van der Waals surface area contributed by atoms with Crippen molar-refractivity contribution in [2.45, 2.75) is 192 Å². The van der Waals surface area contributed by atoms with Gasteiger partial charge >= 0.3 is 6.18 Å². The third-order valence-corrected chi connectivity index (χ3v) is 25.8. The Labute approximate surface area is 729 Å². The molecule has 4 aliphatic rings. The molecule has 656 valence electrons. The Balaban J connectivity index is 0.000000142. The third-order valence-electron chi connectivity index (χ3n) is 25.8. The van der Waals surface area contributed by atoms with Crippen LogP contribution in [0.25, 0.3) is 88.1 Å². The number of ether oxygens (including phenoxy) is 1. The largest absolute Gasteiger partial charge is 0.497 e. The summed E-state index contributed by atoms with van der Waals surface area (Å²) in [6.45, 7) is 9.52. The van der Waals surface area contributed by atoms with Gasteiger partial charge < -0.3 is 63.9 Å². The first-order valence-corrected chi connectivity index (χ1v) is 45.0. The summed E-state index contributed by atoms with van der Waals surface area (Å²) in [5, 5.41) is 16.7. The highest BCUT2D eigenvalue weighted by Crippen LogP contribution is 2.35. The van der Waals surface area contributed by atoms with E-state index in [0.29, 0.717) is 75.5 Å². The molecule has 21 heteroatoms. The molecule has 4 aromatic heterocycles. The van der Waals surface area contributed by atoms with Crippen molar-refractivity contribution in [1.82, 2.24) is 59.1 Å². The molecule has 0 saturated heterocycles. The van der Waals surface area contributed by atoms with Gasteiger partial charge in [-0.05, 0) is 237 Å². The molecule has 12 aromatic rings. The molecular weight excluding hydrogens is 1560 g/mol. The number of hydrogen-bond donors (Lipinski definition) is 4. The second kappa shape index (κ2) is 44.7. The van der Waals surface area contributed by atoms with Gasteiger partial charge in [0, 0.05) is 123 Å². The van der Waals surface area contributed by atoms with Crippen molar-refractivity contribution in [3.63, 3.8) is 0 Å². The molecule has 8 aromatic carbocycles. The van der Waals surface area contributed by atoms with E-state index in [2.05, 4.69) is 167 Å². The fourth-order valence-electron chi connectivity index (χ4n) is 18.2. The molecule has 16 rings (SSSR count). The van der Waals surface area contributed by atoms with Crippen LogP contribution in [0.1, 0.15) is 140 Å². The number of aryl methyl sites for hydroxylation is 1. The van der Waals surface area contributed by atoms with Gasteiger partial charge in [0.1, 0.15) is 37.7 Å². The van der Waals surface area contributed by atoms with E-state index >= 15 is 0 Å². The molecule has 4 fully saturated rings. The highest BCUT2D eigenvalue weighted by atomic mass is 19.4. The summed E-state index contributed by atoms with van der Waals surface area (Å²) in [5.41, 5.74) is 12.8. The molecule has 0 aliphatic heterocycles. The van der Waals surface area contributed by atoms with Gasteiger partial charge in [-0.2, -0.15) is 13.2 Å². The maximum absolute atomic E-state index is 13.2. The van der Waals surface area contributed by atoms with Crippen LogP contribution in [0.5, 0.6) is 5.75 Å². The van der Waals surface area contributed by atoms with Crippen LogP contribution in [0.15, 0.2) is 219 Å². The third kappa shape index (κ3) is 25.7. The van der Waals surface area contributed by atoms with Crippen molar-refractivity contribution >= 4 is 67.2 Å². The molecule has 0 radical (unpaired) electrons. The Morgan fingerprint density at radius 1 is 0.339 bits per heavy atom. The Bertz CT molecular complexity index is 5240. The molecule has 4 aliphatic carbocycles. The first kappa shape index (κ1) is 90.9. The maximum Gasteiger partial charge on any atom is 0.416 e. The number of rotatable bonds is 29. The number of carbonyl (C=O) groups excluding carboxylic acids is 4. The predicted molar refractivity (Wildman–Crippen MR) is 496 cm³/mol. The van der Waals surface area contributed by atoms with Crippen LogP contribution in [-0.4, -0.2) is 173 Å². The van der Waals surface area contributed by atoms with Crippen molar-refractivity contribution in [3.8, 4) is 50.3 Å². The number of benzene rings is 8. The number of fused-ring (bicyclic) bond motifs is 4. The molecule has 4 saturated carbocycles. The zero-order chi connectivity index (χ0) is 86.9. The monoisotopic (exact) mass is 1690 g/mol. The van der Waals surface area contributed by atoms with Crippen LogP contribution in [-0.2, 0) is 51.5 Å². The molecule has 4 N–H and O–H groups in total. The average molecular weight is 1690 g/mol. The lowest BCUT2D eigenvalue weighted by molar-refractivity contribution is -0.137. The van der Waals surface area contributed by atoms with E-state index in [1.54, 1.807) is 19.2 Å². The van der Waals surface area contributed by atoms with E-state index in [4.69, 9.17) is 4.74 Å². The molecule has 0 bridgehead atoms. The summed E-state index contributed by atoms with van der Waals surface area (Å²) in [7, 11) is 10.3. The number of nitrogens with one attached hydrogen (secondary N) is 4. The van der Waals surface area contributed by atoms with Gasteiger partial charge in [-0.1, -0.05) is 192 Å². The van der Waals surface area contributed by atoms with E-state index in [1.807, 2.05) is 97.7 Å². The number of alkyl halides is 3. The van der Waals surface area contributed by atoms with Gasteiger partial charge in [0.15, 0.2) is 0 Å². The van der Waals surface area contributed by atoms with Gasteiger partial charge in [0.05, 0.1) is 12.7 Å². The smallest absolute Gasteiger partial charge is 0.416 e. The van der Waals surface area contributed by atoms with Crippen LogP contribution in [0, 0.1) is 12.7 Å². The van der Waals surface area contributed by atoms with Crippen molar-refractivity contribution in [3.05, 3.63) is 236 Å². The van der Waals surface area contributed by atoms with Crippen LogP contribution in [0.2, 0.25) is 0 Å². The number of nitrogens with zero attached hydrogens (tertiary/aromatic N) is 8. The molecule has 0 unspecified atom stereocenters. The fourth-order valence-corrected chi connectivity index (χ4v) is 18.2. The molecule has 4 heterocycles. The van der Waals surface area contributed by atoms with E-state index < -0.39 is 11.7 Å². The molecule has 0 atom stereocenters. The van der Waals surface area contributed by atoms with E-state index in [1.165, 1.54) is 169 Å². The van der Waals surface area contributed by atoms with Crippen LogP contribution < -0.4 is 26.0 Å². The van der Waals surface area contributed by atoms with Gasteiger partial charge in [-0.15, -0.1) is 0 Å². The van der Waals surface area contributed by atoms with Gasteiger partial charge in [0.25, 0.3) is 0 Å². The first-order valence-electron chi connectivity index (χ1n) is 45.0. The van der Waals surface area contributed by atoms with Crippen LogP contribution >= 0.6 is 0 Å². The lowest BCUT2D eigenvalue weighted by Gasteiger charge is -2.31. The van der Waals surface area contributed by atoms with Gasteiger partial charge in [-0.25, -0.2) is 4.39 Å². The van der Waals surface area contributed by atoms with Gasteiger partial charge in [-0.3, -0.25) is 19.2 Å². The Hall–Kier alpha value is -10.8. The summed E-state index contributed by atoms with van der Waals surface area (Å²) in [5.74, 6) is 0.712. The second-order valence-electron chi connectivity index (χ2n) is 34.5. The first-order chi connectivity index (χ1) is 60.1. The number of carbonyl (C=O) groups is 4. The van der Waals surface area contributed by atoms with Crippen molar-refractivity contribution in [2.75, 3.05) is 87.7 Å². The SMILES string of the molecule is CN(CCNC(=O)Cn1ccc2ccc(-c3ccc(C(F)(F)F)cc3)cc21)C1CCCCC1.CN(CCNC(=O)Cn1ccc2ccc(-c3ccc(F)cc3)cc21)C1CCCCC1.COc1ccc(-c2ccc3ccn(CC(=O)NCCN(C)C4CCCCC4)c3c2)cc1.Cc1ccc(-c2ccc3ccn(CC(=O)NCCN(C)C4CCCCC4)c3c2)cc1. The van der Waals surface area contributed by atoms with Gasteiger partial charge in [0.2, 0.25) is 23.6 Å². The van der Waals surface area contributed by atoms with Crippen LogP contribution in [0.3, 0.4) is 0 Å². The summed E-state index contributed by atoms with van der Waals surface area (Å²) in [6.07, 6.45) is 29.7. The van der Waals surface area contributed by atoms with Crippen molar-refractivity contribution < 1.29 is 41.5 Å². The second-order valence-corrected chi connectivity index (χ2v) is 34.5. The van der Waals surface area contributed by atoms with Crippen LogP contribution in [0.4, 0.5) is 17.6 Å². The zero-order valence-electron chi connectivity index (χ0n) is 73.4. The Kier molecular flexibility index (Phi) is 32.7. The number of amides is 4. The Morgan fingerprint density at radius 3 is 0.839 bits per heavy atom.